The first-order valence-corrected chi connectivity index (χ1v) is 8.02. The summed E-state index contributed by atoms with van der Waals surface area (Å²) in [6, 6.07) is 2.63. The van der Waals surface area contributed by atoms with Gasteiger partial charge in [-0.2, -0.15) is 0 Å². The van der Waals surface area contributed by atoms with Gasteiger partial charge in [0.25, 0.3) is 0 Å². The highest BCUT2D eigenvalue weighted by Crippen LogP contribution is 2.20. The third-order valence-electron chi connectivity index (χ3n) is 4.26. The number of pyridine rings is 1. The molecular formula is C17H28FN3. The number of hydrogen-bond acceptors (Lipinski definition) is 3. The van der Waals surface area contributed by atoms with Crippen LogP contribution < -0.4 is 5.32 Å². The fourth-order valence-corrected chi connectivity index (χ4v) is 3.08. The molecule has 118 valence electrons. The number of hydrogen-bond donors (Lipinski definition) is 1. The lowest BCUT2D eigenvalue weighted by atomic mass is 9.94. The van der Waals surface area contributed by atoms with Crippen molar-refractivity contribution in [3.05, 3.63) is 29.8 Å². The molecule has 1 aliphatic heterocycles. The third-order valence-corrected chi connectivity index (χ3v) is 4.26. The third kappa shape index (κ3) is 4.75. The van der Waals surface area contributed by atoms with Crippen LogP contribution in [0, 0.1) is 17.7 Å². The van der Waals surface area contributed by atoms with Gasteiger partial charge < -0.3 is 5.32 Å². The molecule has 1 saturated heterocycles. The fourth-order valence-electron chi connectivity index (χ4n) is 3.08. The van der Waals surface area contributed by atoms with Crippen LogP contribution in [-0.4, -0.2) is 35.1 Å². The van der Waals surface area contributed by atoms with Gasteiger partial charge in [0.1, 0.15) is 5.82 Å². The predicted molar refractivity (Wildman–Crippen MR) is 84.5 cm³/mol. The quantitative estimate of drug-likeness (QED) is 0.904. The molecule has 21 heavy (non-hydrogen) atoms. The Labute approximate surface area is 127 Å². The summed E-state index contributed by atoms with van der Waals surface area (Å²) in [4.78, 5) is 6.47. The summed E-state index contributed by atoms with van der Waals surface area (Å²) in [6.45, 7) is 11.8. The maximum absolute atomic E-state index is 13.3. The Hall–Kier alpha value is -1.00. The molecule has 1 aliphatic rings. The molecule has 2 unspecified atom stereocenters. The summed E-state index contributed by atoms with van der Waals surface area (Å²) in [5.74, 6) is 1.03. The molecule has 0 bridgehead atoms. The monoisotopic (exact) mass is 293 g/mol. The van der Waals surface area contributed by atoms with Gasteiger partial charge in [-0.05, 0) is 29.9 Å². The van der Waals surface area contributed by atoms with Crippen molar-refractivity contribution in [2.24, 2.45) is 11.8 Å². The van der Waals surface area contributed by atoms with E-state index >= 15 is 0 Å². The van der Waals surface area contributed by atoms with E-state index in [1.165, 1.54) is 12.6 Å². The molecule has 0 amide bonds. The van der Waals surface area contributed by atoms with E-state index in [0.29, 0.717) is 23.9 Å². The highest BCUT2D eigenvalue weighted by molar-refractivity contribution is 5.10. The molecule has 4 heteroatoms. The first-order valence-electron chi connectivity index (χ1n) is 8.02. The van der Waals surface area contributed by atoms with Crippen LogP contribution in [0.4, 0.5) is 4.39 Å². The summed E-state index contributed by atoms with van der Waals surface area (Å²) >= 11 is 0. The molecule has 1 fully saturated rings. The maximum atomic E-state index is 13.3. The summed E-state index contributed by atoms with van der Waals surface area (Å²) in [6.07, 6.45) is 4.21. The number of nitrogens with zero attached hydrogens (tertiary/aromatic N) is 2. The van der Waals surface area contributed by atoms with E-state index in [0.717, 1.165) is 25.2 Å². The number of halogens is 1. The Balaban J connectivity index is 2.08. The highest BCUT2D eigenvalue weighted by atomic mass is 19.1. The van der Waals surface area contributed by atoms with Crippen molar-refractivity contribution in [1.29, 1.82) is 0 Å². The predicted octanol–water partition coefficient (Wildman–Crippen LogP) is 3.07. The topological polar surface area (TPSA) is 28.2 Å². The Kier molecular flexibility index (Phi) is 5.71. The van der Waals surface area contributed by atoms with Crippen molar-refractivity contribution < 1.29 is 4.39 Å². The Morgan fingerprint density at radius 2 is 2.10 bits per heavy atom. The van der Waals surface area contributed by atoms with E-state index in [4.69, 9.17) is 0 Å². The molecule has 1 aromatic rings. The lowest BCUT2D eigenvalue weighted by Gasteiger charge is -2.42. The fraction of sp³-hybridized carbons (Fsp3) is 0.706. The zero-order valence-corrected chi connectivity index (χ0v) is 13.6. The number of rotatable bonds is 5. The second-order valence-electron chi connectivity index (χ2n) is 6.98. The van der Waals surface area contributed by atoms with Gasteiger partial charge in [0.05, 0.1) is 6.20 Å². The second-order valence-corrected chi connectivity index (χ2v) is 6.98. The van der Waals surface area contributed by atoms with Crippen molar-refractivity contribution >= 4 is 0 Å². The molecule has 0 saturated carbocycles. The molecule has 1 aromatic heterocycles. The number of aromatic nitrogens is 1. The zero-order valence-electron chi connectivity index (χ0n) is 13.6. The molecule has 3 nitrogen and oxygen atoms in total. The van der Waals surface area contributed by atoms with Crippen LogP contribution in [0.15, 0.2) is 18.5 Å². The van der Waals surface area contributed by atoms with Gasteiger partial charge in [0.15, 0.2) is 0 Å². The van der Waals surface area contributed by atoms with Crippen molar-refractivity contribution in [2.45, 2.75) is 52.7 Å². The smallest absolute Gasteiger partial charge is 0.141 e. The van der Waals surface area contributed by atoms with Gasteiger partial charge in [-0.25, -0.2) is 4.39 Å². The first kappa shape index (κ1) is 16.4. The van der Waals surface area contributed by atoms with E-state index in [2.05, 4.69) is 42.9 Å². The van der Waals surface area contributed by atoms with Crippen LogP contribution in [-0.2, 0) is 6.54 Å². The number of nitrogens with one attached hydrogen (secondary N) is 1. The first-order chi connectivity index (χ1) is 9.95. The Bertz CT molecular complexity index is 447. The van der Waals surface area contributed by atoms with Gasteiger partial charge >= 0.3 is 0 Å². The highest BCUT2D eigenvalue weighted by Gasteiger charge is 2.29. The SMILES string of the molecule is CC(C)CC1CNC(C(C)C)CN1Cc1cncc(F)c1. The maximum Gasteiger partial charge on any atom is 0.141 e. The molecule has 0 radical (unpaired) electrons. The van der Waals surface area contributed by atoms with Crippen LogP contribution in [0.3, 0.4) is 0 Å². The van der Waals surface area contributed by atoms with Gasteiger partial charge in [-0.1, -0.05) is 27.7 Å². The summed E-state index contributed by atoms with van der Waals surface area (Å²) in [5, 5.41) is 3.67. The molecule has 1 N–H and O–H groups in total. The average Bonchev–Trinajstić information content (AvgIpc) is 2.40. The van der Waals surface area contributed by atoms with Crippen molar-refractivity contribution in [2.75, 3.05) is 13.1 Å². The van der Waals surface area contributed by atoms with Gasteiger partial charge in [0, 0.05) is 37.9 Å². The van der Waals surface area contributed by atoms with Crippen molar-refractivity contribution in [3.8, 4) is 0 Å². The van der Waals surface area contributed by atoms with E-state index in [1.807, 2.05) is 0 Å². The van der Waals surface area contributed by atoms with Gasteiger partial charge in [0.2, 0.25) is 0 Å². The van der Waals surface area contributed by atoms with Crippen LogP contribution in [0.25, 0.3) is 0 Å². The zero-order chi connectivity index (χ0) is 15.4. The van der Waals surface area contributed by atoms with Crippen molar-refractivity contribution in [1.82, 2.24) is 15.2 Å². The molecule has 0 aromatic carbocycles. The lowest BCUT2D eigenvalue weighted by Crippen LogP contribution is -2.57. The minimum atomic E-state index is -0.247. The Morgan fingerprint density at radius 1 is 1.33 bits per heavy atom. The normalized spacial score (nSPS) is 24.0. The van der Waals surface area contributed by atoms with Crippen LogP contribution in [0.5, 0.6) is 0 Å². The summed E-state index contributed by atoms with van der Waals surface area (Å²) < 4.78 is 13.3. The Morgan fingerprint density at radius 3 is 2.71 bits per heavy atom. The summed E-state index contributed by atoms with van der Waals surface area (Å²) in [5.41, 5.74) is 0.966. The van der Waals surface area contributed by atoms with Crippen molar-refractivity contribution in [3.63, 3.8) is 0 Å². The van der Waals surface area contributed by atoms with Gasteiger partial charge in [-0.3, -0.25) is 9.88 Å². The van der Waals surface area contributed by atoms with E-state index in [1.54, 1.807) is 12.3 Å². The molecule has 0 spiro atoms. The number of piperazine rings is 1. The minimum absolute atomic E-state index is 0.247. The largest absolute Gasteiger partial charge is 0.311 e. The van der Waals surface area contributed by atoms with Crippen LogP contribution in [0.1, 0.15) is 39.7 Å². The van der Waals surface area contributed by atoms with Crippen LogP contribution in [0.2, 0.25) is 0 Å². The minimum Gasteiger partial charge on any atom is -0.311 e. The molecular weight excluding hydrogens is 265 g/mol. The molecule has 2 atom stereocenters. The van der Waals surface area contributed by atoms with Gasteiger partial charge in [-0.15, -0.1) is 0 Å². The molecule has 2 rings (SSSR count). The van der Waals surface area contributed by atoms with E-state index < -0.39 is 0 Å². The van der Waals surface area contributed by atoms with Crippen LogP contribution >= 0.6 is 0 Å². The molecule has 2 heterocycles. The lowest BCUT2D eigenvalue weighted by molar-refractivity contribution is 0.0922. The standard InChI is InChI=1S/C17H28FN3/c1-12(2)5-16-9-20-17(13(3)4)11-21(16)10-14-6-15(18)8-19-7-14/h6-8,12-13,16-17,20H,5,9-11H2,1-4H3. The van der Waals surface area contributed by atoms with E-state index in [9.17, 15) is 4.39 Å². The molecule has 0 aliphatic carbocycles. The van der Waals surface area contributed by atoms with E-state index in [-0.39, 0.29) is 5.82 Å². The summed E-state index contributed by atoms with van der Waals surface area (Å²) in [7, 11) is 0. The average molecular weight is 293 g/mol. The second kappa shape index (κ2) is 7.32.